The Kier molecular flexibility index (Phi) is 2.25. The molecule has 1 aromatic heterocycles. The number of carbonyl (C=O) groups is 1. The van der Waals surface area contributed by atoms with Gasteiger partial charge in [-0.2, -0.15) is 0 Å². The Morgan fingerprint density at radius 1 is 1.40 bits per heavy atom. The number of pyridine rings is 1. The van der Waals surface area contributed by atoms with E-state index in [2.05, 4.69) is 9.72 Å². The fraction of sp³-hybridized carbons (Fsp3) is 0.0909. The average Bonchev–Trinajstić information content (AvgIpc) is 2.28. The summed E-state index contributed by atoms with van der Waals surface area (Å²) in [6.45, 7) is 0. The first-order valence-electron chi connectivity index (χ1n) is 4.45. The SMILES string of the molecule is COC(=O)c1c(N)ccc2ncccc12. The lowest BCUT2D eigenvalue weighted by Gasteiger charge is -2.06. The van der Waals surface area contributed by atoms with Crippen molar-refractivity contribution in [3.8, 4) is 0 Å². The third-order valence-corrected chi connectivity index (χ3v) is 2.21. The molecule has 0 spiro atoms. The fourth-order valence-corrected chi connectivity index (χ4v) is 1.50. The highest BCUT2D eigenvalue weighted by Gasteiger charge is 2.14. The topological polar surface area (TPSA) is 65.2 Å². The predicted octanol–water partition coefficient (Wildman–Crippen LogP) is 1.60. The molecule has 2 N–H and O–H groups in total. The first kappa shape index (κ1) is 9.45. The van der Waals surface area contributed by atoms with Gasteiger partial charge in [-0.25, -0.2) is 4.79 Å². The number of ether oxygens (including phenoxy) is 1. The van der Waals surface area contributed by atoms with Gasteiger partial charge in [0.05, 0.1) is 18.2 Å². The Balaban J connectivity index is 2.79. The number of nitrogen functional groups attached to an aromatic ring is 1. The van der Waals surface area contributed by atoms with Crippen LogP contribution in [0.15, 0.2) is 30.5 Å². The number of nitrogens with two attached hydrogens (primary N) is 1. The van der Waals surface area contributed by atoms with Crippen LogP contribution in [0.25, 0.3) is 10.9 Å². The molecule has 0 aliphatic rings. The van der Waals surface area contributed by atoms with Gasteiger partial charge < -0.3 is 10.5 Å². The second-order valence-electron chi connectivity index (χ2n) is 3.09. The molecule has 1 aromatic carbocycles. The summed E-state index contributed by atoms with van der Waals surface area (Å²) in [5, 5.41) is 0.712. The lowest BCUT2D eigenvalue weighted by atomic mass is 10.1. The van der Waals surface area contributed by atoms with Gasteiger partial charge in [-0.15, -0.1) is 0 Å². The molecule has 1 heterocycles. The molecule has 15 heavy (non-hydrogen) atoms. The van der Waals surface area contributed by atoms with Crippen molar-refractivity contribution in [2.75, 3.05) is 12.8 Å². The van der Waals surface area contributed by atoms with Crippen molar-refractivity contribution in [1.82, 2.24) is 4.98 Å². The second kappa shape index (κ2) is 3.57. The molecule has 4 heteroatoms. The summed E-state index contributed by atoms with van der Waals surface area (Å²) in [5.41, 5.74) is 7.25. The van der Waals surface area contributed by atoms with E-state index in [1.54, 1.807) is 30.5 Å². The molecule has 2 rings (SSSR count). The molecule has 0 unspecified atom stereocenters. The van der Waals surface area contributed by atoms with Crippen LogP contribution < -0.4 is 5.73 Å². The monoisotopic (exact) mass is 202 g/mol. The van der Waals surface area contributed by atoms with E-state index < -0.39 is 5.97 Å². The van der Waals surface area contributed by atoms with Crippen LogP contribution in [-0.4, -0.2) is 18.1 Å². The van der Waals surface area contributed by atoms with Gasteiger partial charge in [0, 0.05) is 17.3 Å². The quantitative estimate of drug-likeness (QED) is 0.563. The van der Waals surface area contributed by atoms with Gasteiger partial charge >= 0.3 is 5.97 Å². The minimum absolute atomic E-state index is 0.378. The van der Waals surface area contributed by atoms with E-state index in [4.69, 9.17) is 5.73 Å². The van der Waals surface area contributed by atoms with Gasteiger partial charge in [-0.05, 0) is 18.2 Å². The Labute approximate surface area is 86.7 Å². The smallest absolute Gasteiger partial charge is 0.340 e. The third kappa shape index (κ3) is 1.50. The van der Waals surface area contributed by atoms with E-state index in [-0.39, 0.29) is 0 Å². The number of anilines is 1. The van der Waals surface area contributed by atoms with Gasteiger partial charge in [-0.1, -0.05) is 6.07 Å². The van der Waals surface area contributed by atoms with Crippen LogP contribution in [0.1, 0.15) is 10.4 Å². The highest BCUT2D eigenvalue weighted by atomic mass is 16.5. The molecule has 0 atom stereocenters. The molecular formula is C11H10N2O2. The summed E-state index contributed by atoms with van der Waals surface area (Å²) in [5.74, 6) is -0.439. The molecule has 0 radical (unpaired) electrons. The summed E-state index contributed by atoms with van der Waals surface area (Å²) < 4.78 is 4.68. The van der Waals surface area contributed by atoms with Crippen molar-refractivity contribution in [1.29, 1.82) is 0 Å². The molecule has 4 nitrogen and oxygen atoms in total. The summed E-state index contributed by atoms with van der Waals surface area (Å²) in [4.78, 5) is 15.7. The van der Waals surface area contributed by atoms with Gasteiger partial charge in [0.1, 0.15) is 0 Å². The lowest BCUT2D eigenvalue weighted by Crippen LogP contribution is -2.06. The average molecular weight is 202 g/mol. The van der Waals surface area contributed by atoms with Crippen molar-refractivity contribution in [3.05, 3.63) is 36.0 Å². The normalized spacial score (nSPS) is 10.2. The van der Waals surface area contributed by atoms with Crippen molar-refractivity contribution in [3.63, 3.8) is 0 Å². The molecule has 0 aliphatic carbocycles. The zero-order chi connectivity index (χ0) is 10.8. The molecule has 0 aliphatic heterocycles. The second-order valence-corrected chi connectivity index (χ2v) is 3.09. The standard InChI is InChI=1S/C11H10N2O2/c1-15-11(14)10-7-3-2-6-13-9(7)5-4-8(10)12/h2-6H,12H2,1H3. The minimum Gasteiger partial charge on any atom is -0.465 e. The van der Waals surface area contributed by atoms with E-state index >= 15 is 0 Å². The molecule has 76 valence electrons. The van der Waals surface area contributed by atoms with E-state index in [9.17, 15) is 4.79 Å². The number of aromatic nitrogens is 1. The Bertz CT molecular complexity index is 523. The largest absolute Gasteiger partial charge is 0.465 e. The van der Waals surface area contributed by atoms with Crippen molar-refractivity contribution in [2.24, 2.45) is 0 Å². The number of hydrogen-bond acceptors (Lipinski definition) is 4. The molecular weight excluding hydrogens is 192 g/mol. The van der Waals surface area contributed by atoms with E-state index in [0.717, 1.165) is 5.52 Å². The maximum absolute atomic E-state index is 11.5. The van der Waals surface area contributed by atoms with E-state index in [1.165, 1.54) is 7.11 Å². The van der Waals surface area contributed by atoms with Crippen LogP contribution in [-0.2, 0) is 4.74 Å². The summed E-state index contributed by atoms with van der Waals surface area (Å²) in [6.07, 6.45) is 1.67. The van der Waals surface area contributed by atoms with Crippen LogP contribution in [0.4, 0.5) is 5.69 Å². The van der Waals surface area contributed by atoms with Crippen LogP contribution in [0.2, 0.25) is 0 Å². The zero-order valence-corrected chi connectivity index (χ0v) is 8.23. The van der Waals surface area contributed by atoms with Crippen LogP contribution in [0.5, 0.6) is 0 Å². The number of methoxy groups -OCH3 is 1. The molecule has 0 amide bonds. The molecule has 2 aromatic rings. The highest BCUT2D eigenvalue weighted by Crippen LogP contribution is 2.23. The Morgan fingerprint density at radius 2 is 2.20 bits per heavy atom. The number of hydrogen-bond donors (Lipinski definition) is 1. The summed E-state index contributed by atoms with van der Waals surface area (Å²) in [7, 11) is 1.33. The minimum atomic E-state index is -0.439. The molecule has 0 fully saturated rings. The first-order valence-corrected chi connectivity index (χ1v) is 4.45. The lowest BCUT2D eigenvalue weighted by molar-refractivity contribution is 0.0604. The molecule has 0 bridgehead atoms. The van der Waals surface area contributed by atoms with Gasteiger partial charge in [0.25, 0.3) is 0 Å². The van der Waals surface area contributed by atoms with Gasteiger partial charge in [0.15, 0.2) is 0 Å². The van der Waals surface area contributed by atoms with Crippen LogP contribution >= 0.6 is 0 Å². The fourth-order valence-electron chi connectivity index (χ4n) is 1.50. The molecule has 0 saturated heterocycles. The van der Waals surface area contributed by atoms with Gasteiger partial charge in [-0.3, -0.25) is 4.98 Å². The highest BCUT2D eigenvalue weighted by molar-refractivity contribution is 6.08. The number of carbonyl (C=O) groups excluding carboxylic acids is 1. The first-order chi connectivity index (χ1) is 7.24. The summed E-state index contributed by atoms with van der Waals surface area (Å²) >= 11 is 0. The predicted molar refractivity (Wildman–Crippen MR) is 57.5 cm³/mol. The van der Waals surface area contributed by atoms with E-state index in [0.29, 0.717) is 16.6 Å². The molecule has 0 saturated carbocycles. The van der Waals surface area contributed by atoms with Crippen molar-refractivity contribution < 1.29 is 9.53 Å². The maximum Gasteiger partial charge on any atom is 0.340 e. The maximum atomic E-state index is 11.5. The number of nitrogens with zero attached hydrogens (tertiary/aromatic N) is 1. The van der Waals surface area contributed by atoms with Crippen molar-refractivity contribution in [2.45, 2.75) is 0 Å². The van der Waals surface area contributed by atoms with Crippen molar-refractivity contribution >= 4 is 22.6 Å². The summed E-state index contributed by atoms with van der Waals surface area (Å²) in [6, 6.07) is 6.98. The van der Waals surface area contributed by atoms with E-state index in [1.807, 2.05) is 0 Å². The number of benzene rings is 1. The van der Waals surface area contributed by atoms with Gasteiger partial charge in [0.2, 0.25) is 0 Å². The third-order valence-electron chi connectivity index (χ3n) is 2.21. The number of esters is 1. The zero-order valence-electron chi connectivity index (χ0n) is 8.23. The van der Waals surface area contributed by atoms with Crippen LogP contribution in [0.3, 0.4) is 0 Å². The Hall–Kier alpha value is -2.10. The number of fused-ring (bicyclic) bond motifs is 1. The number of rotatable bonds is 1. The van der Waals surface area contributed by atoms with Crippen LogP contribution in [0, 0.1) is 0 Å². The Morgan fingerprint density at radius 3 is 2.93 bits per heavy atom.